The van der Waals surface area contributed by atoms with Gasteiger partial charge in [-0.05, 0) is 37.1 Å². The second-order valence-electron chi connectivity index (χ2n) is 7.03. The number of nitrogens with two attached hydrogens (primary N) is 1. The Bertz CT molecular complexity index is 1110. The highest BCUT2D eigenvalue weighted by Crippen LogP contribution is 2.28. The van der Waals surface area contributed by atoms with E-state index in [1.54, 1.807) is 5.38 Å². The molecule has 8 nitrogen and oxygen atoms in total. The van der Waals surface area contributed by atoms with Gasteiger partial charge in [-0.3, -0.25) is 13.9 Å². The molecule has 1 aromatic carbocycles. The molecule has 0 fully saturated rings. The number of ether oxygens (including phenoxy) is 1. The van der Waals surface area contributed by atoms with Crippen molar-refractivity contribution in [3.8, 4) is 17.0 Å². The van der Waals surface area contributed by atoms with Gasteiger partial charge in [-0.15, -0.1) is 11.3 Å². The van der Waals surface area contributed by atoms with Crippen LogP contribution in [0.5, 0.6) is 5.75 Å². The quantitative estimate of drug-likeness (QED) is 0.615. The van der Waals surface area contributed by atoms with Crippen LogP contribution in [0.1, 0.15) is 20.8 Å². The van der Waals surface area contributed by atoms with E-state index in [4.69, 9.17) is 10.5 Å². The number of anilines is 3. The van der Waals surface area contributed by atoms with Crippen LogP contribution in [0.15, 0.2) is 39.2 Å². The number of nitrogens with zero attached hydrogens (tertiary/aromatic N) is 3. The monoisotopic (exact) mass is 415 g/mol. The molecule has 0 saturated carbocycles. The van der Waals surface area contributed by atoms with Gasteiger partial charge in [0.25, 0.3) is 5.56 Å². The zero-order valence-electron chi connectivity index (χ0n) is 16.9. The highest BCUT2D eigenvalue weighted by Gasteiger charge is 2.19. The number of rotatable bonds is 7. The first-order chi connectivity index (χ1) is 13.8. The van der Waals surface area contributed by atoms with Crippen LogP contribution in [0.4, 0.5) is 16.6 Å². The van der Waals surface area contributed by atoms with Gasteiger partial charge in [-0.1, -0.05) is 13.8 Å². The predicted molar refractivity (Wildman–Crippen MR) is 117 cm³/mol. The number of aromatic nitrogens is 3. The van der Waals surface area contributed by atoms with Crippen molar-refractivity contribution in [2.24, 2.45) is 13.0 Å². The minimum atomic E-state index is -0.453. The molecule has 29 heavy (non-hydrogen) atoms. The number of nitrogens with one attached hydrogen (secondary N) is 1. The lowest BCUT2D eigenvalue weighted by atomic mass is 10.2. The van der Waals surface area contributed by atoms with Gasteiger partial charge >= 0.3 is 5.69 Å². The summed E-state index contributed by atoms with van der Waals surface area (Å²) in [5, 5.41) is 5.58. The van der Waals surface area contributed by atoms with Crippen LogP contribution in [0.2, 0.25) is 0 Å². The maximum absolute atomic E-state index is 12.7. The summed E-state index contributed by atoms with van der Waals surface area (Å²) in [6.07, 6.45) is 0. The van der Waals surface area contributed by atoms with Crippen LogP contribution in [0.3, 0.4) is 0 Å². The number of hydrogen-bond acceptors (Lipinski definition) is 7. The Morgan fingerprint density at radius 2 is 1.93 bits per heavy atom. The summed E-state index contributed by atoms with van der Waals surface area (Å²) in [5.74, 6) is 1.14. The van der Waals surface area contributed by atoms with E-state index in [2.05, 4.69) is 10.3 Å². The van der Waals surface area contributed by atoms with E-state index in [1.165, 1.54) is 23.0 Å². The summed E-state index contributed by atoms with van der Waals surface area (Å²) < 4.78 is 7.95. The Balaban J connectivity index is 1.95. The fourth-order valence-corrected chi connectivity index (χ4v) is 3.66. The number of nitrogen functional groups attached to an aromatic ring is 1. The van der Waals surface area contributed by atoms with Crippen molar-refractivity contribution in [2.75, 3.05) is 17.7 Å². The molecule has 9 heteroatoms. The molecule has 0 saturated heterocycles. The molecule has 0 radical (unpaired) electrons. The molecule has 0 aliphatic rings. The van der Waals surface area contributed by atoms with Crippen molar-refractivity contribution in [1.29, 1.82) is 0 Å². The van der Waals surface area contributed by atoms with Gasteiger partial charge in [0.05, 0.1) is 12.3 Å². The fraction of sp³-hybridized carbons (Fsp3) is 0.350. The van der Waals surface area contributed by atoms with Crippen molar-refractivity contribution in [1.82, 2.24) is 14.1 Å². The maximum Gasteiger partial charge on any atom is 0.332 e. The molecule has 3 N–H and O–H groups in total. The van der Waals surface area contributed by atoms with E-state index < -0.39 is 11.2 Å². The lowest BCUT2D eigenvalue weighted by Gasteiger charge is -2.15. The fourth-order valence-electron chi connectivity index (χ4n) is 2.94. The zero-order valence-corrected chi connectivity index (χ0v) is 17.7. The Labute approximate surface area is 172 Å². The Hall–Kier alpha value is -3.07. The van der Waals surface area contributed by atoms with Crippen molar-refractivity contribution in [3.63, 3.8) is 0 Å². The van der Waals surface area contributed by atoms with Gasteiger partial charge in [-0.25, -0.2) is 9.78 Å². The summed E-state index contributed by atoms with van der Waals surface area (Å²) in [6.45, 7) is 6.94. The third-order valence-electron chi connectivity index (χ3n) is 4.31. The average molecular weight is 416 g/mol. The average Bonchev–Trinajstić information content (AvgIpc) is 3.13. The molecule has 2 aromatic heterocycles. The smallest absolute Gasteiger partial charge is 0.332 e. The van der Waals surface area contributed by atoms with Gasteiger partial charge in [-0.2, -0.15) is 0 Å². The molecule has 3 aromatic rings. The summed E-state index contributed by atoms with van der Waals surface area (Å²) >= 11 is 1.36. The molecule has 2 heterocycles. The van der Waals surface area contributed by atoms with E-state index in [9.17, 15) is 9.59 Å². The molecule has 154 valence electrons. The SMILES string of the molecule is CCOc1ccc(Nc2nc(-c3c(N)n(CC(C)C)c(=O)n(C)c3=O)cs2)cc1. The number of hydrogen-bond donors (Lipinski definition) is 2. The molecule has 0 amide bonds. The molecule has 3 rings (SSSR count). The Kier molecular flexibility index (Phi) is 6.07. The lowest BCUT2D eigenvalue weighted by molar-refractivity contribution is 0.340. The van der Waals surface area contributed by atoms with Crippen LogP contribution < -0.4 is 27.0 Å². The zero-order chi connectivity index (χ0) is 21.1. The summed E-state index contributed by atoms with van der Waals surface area (Å²) in [5.41, 5.74) is 6.87. The van der Waals surface area contributed by atoms with E-state index in [1.807, 2.05) is 45.0 Å². The minimum absolute atomic E-state index is 0.143. The van der Waals surface area contributed by atoms with Gasteiger partial charge in [0.2, 0.25) is 0 Å². The summed E-state index contributed by atoms with van der Waals surface area (Å²) in [4.78, 5) is 29.7. The standard InChI is InChI=1S/C20H25N5O3S/c1-5-28-14-8-6-13(7-9-14)22-19-23-15(11-29-19)16-17(21)25(10-12(2)3)20(27)24(4)18(16)26/h6-9,11-12H,5,10,21H2,1-4H3,(H,22,23). The molecule has 0 bridgehead atoms. The molecule has 0 unspecified atom stereocenters. The van der Waals surface area contributed by atoms with Crippen molar-refractivity contribution in [3.05, 3.63) is 50.5 Å². The van der Waals surface area contributed by atoms with Crippen molar-refractivity contribution in [2.45, 2.75) is 27.3 Å². The molecule has 0 aliphatic carbocycles. The summed E-state index contributed by atoms with van der Waals surface area (Å²) in [7, 11) is 1.45. The Morgan fingerprint density at radius 1 is 1.24 bits per heavy atom. The molecular weight excluding hydrogens is 390 g/mol. The molecular formula is C20H25N5O3S. The van der Waals surface area contributed by atoms with Gasteiger partial charge in [0.1, 0.15) is 17.1 Å². The largest absolute Gasteiger partial charge is 0.494 e. The van der Waals surface area contributed by atoms with E-state index >= 15 is 0 Å². The van der Waals surface area contributed by atoms with Crippen molar-refractivity contribution >= 4 is 28.0 Å². The maximum atomic E-state index is 12.7. The van der Waals surface area contributed by atoms with Gasteiger partial charge in [0, 0.05) is 24.7 Å². The van der Waals surface area contributed by atoms with Crippen LogP contribution in [-0.4, -0.2) is 20.7 Å². The minimum Gasteiger partial charge on any atom is -0.494 e. The second-order valence-corrected chi connectivity index (χ2v) is 7.89. The highest BCUT2D eigenvalue weighted by atomic mass is 32.1. The van der Waals surface area contributed by atoms with Crippen LogP contribution >= 0.6 is 11.3 Å². The van der Waals surface area contributed by atoms with Crippen LogP contribution in [0, 0.1) is 5.92 Å². The lowest BCUT2D eigenvalue weighted by Crippen LogP contribution is -2.41. The number of thiazole rings is 1. The first-order valence-corrected chi connectivity index (χ1v) is 10.2. The number of benzene rings is 1. The van der Waals surface area contributed by atoms with Gasteiger partial charge < -0.3 is 15.8 Å². The Morgan fingerprint density at radius 3 is 2.55 bits per heavy atom. The molecule has 0 spiro atoms. The topological polar surface area (TPSA) is 104 Å². The van der Waals surface area contributed by atoms with E-state index in [-0.39, 0.29) is 17.3 Å². The normalized spacial score (nSPS) is 11.1. The second kappa shape index (κ2) is 8.52. The highest BCUT2D eigenvalue weighted by molar-refractivity contribution is 7.14. The van der Waals surface area contributed by atoms with Crippen LogP contribution in [-0.2, 0) is 13.6 Å². The molecule has 0 atom stereocenters. The third-order valence-corrected chi connectivity index (χ3v) is 5.07. The third kappa shape index (κ3) is 4.34. The summed E-state index contributed by atoms with van der Waals surface area (Å²) in [6, 6.07) is 7.52. The van der Waals surface area contributed by atoms with E-state index in [0.717, 1.165) is 16.0 Å². The molecule has 0 aliphatic heterocycles. The van der Waals surface area contributed by atoms with Crippen molar-refractivity contribution < 1.29 is 4.74 Å². The predicted octanol–water partition coefficient (Wildman–Crippen LogP) is 3.05. The van der Waals surface area contributed by atoms with Gasteiger partial charge in [0.15, 0.2) is 5.13 Å². The van der Waals surface area contributed by atoms with Crippen LogP contribution in [0.25, 0.3) is 11.3 Å². The first-order valence-electron chi connectivity index (χ1n) is 9.36. The first kappa shape index (κ1) is 20.7. The van der Waals surface area contributed by atoms with E-state index in [0.29, 0.717) is 24.0 Å².